The van der Waals surface area contributed by atoms with Crippen LogP contribution in [0.1, 0.15) is 16.1 Å². The fourth-order valence-corrected chi connectivity index (χ4v) is 2.00. The lowest BCUT2D eigenvalue weighted by Gasteiger charge is -2.08. The molecule has 1 heterocycles. The fourth-order valence-electron chi connectivity index (χ4n) is 1.50. The van der Waals surface area contributed by atoms with Crippen LogP contribution in [0.2, 0.25) is 5.02 Å². The topological polar surface area (TPSA) is 65.2 Å². The molecule has 0 aliphatic rings. The highest BCUT2D eigenvalue weighted by atomic mass is 79.9. The molecule has 0 bridgehead atoms. The second kappa shape index (κ2) is 5.59. The summed E-state index contributed by atoms with van der Waals surface area (Å²) >= 11 is 9.35. The SMILES string of the molecule is Cc1cc(C(N)=O)cc(Oc2cc(Br)ccc2Cl)n1. The van der Waals surface area contributed by atoms with Gasteiger partial charge in [-0.3, -0.25) is 4.79 Å². The van der Waals surface area contributed by atoms with Gasteiger partial charge in [0.25, 0.3) is 0 Å². The number of benzene rings is 1. The molecule has 1 aromatic heterocycles. The predicted octanol–water partition coefficient (Wildman–Crippen LogP) is 3.70. The van der Waals surface area contributed by atoms with E-state index in [4.69, 9.17) is 22.1 Å². The molecule has 98 valence electrons. The molecule has 0 aliphatic carbocycles. The third-order valence-corrected chi connectivity index (χ3v) is 3.13. The number of hydrogen-bond donors (Lipinski definition) is 1. The van der Waals surface area contributed by atoms with Crippen LogP contribution < -0.4 is 10.5 Å². The second-order valence-corrected chi connectivity index (χ2v) is 5.20. The molecule has 2 rings (SSSR count). The van der Waals surface area contributed by atoms with E-state index in [0.29, 0.717) is 22.0 Å². The highest BCUT2D eigenvalue weighted by molar-refractivity contribution is 9.10. The first-order valence-electron chi connectivity index (χ1n) is 5.37. The molecule has 4 nitrogen and oxygen atoms in total. The van der Waals surface area contributed by atoms with Crippen molar-refractivity contribution in [3.05, 3.63) is 51.1 Å². The van der Waals surface area contributed by atoms with Gasteiger partial charge in [0.15, 0.2) is 0 Å². The van der Waals surface area contributed by atoms with Gasteiger partial charge in [0.1, 0.15) is 5.75 Å². The van der Waals surface area contributed by atoms with Gasteiger partial charge in [-0.1, -0.05) is 27.5 Å². The van der Waals surface area contributed by atoms with Crippen LogP contribution in [0, 0.1) is 6.92 Å². The van der Waals surface area contributed by atoms with Crippen molar-refractivity contribution < 1.29 is 9.53 Å². The van der Waals surface area contributed by atoms with E-state index in [1.165, 1.54) is 6.07 Å². The van der Waals surface area contributed by atoms with Gasteiger partial charge in [-0.15, -0.1) is 0 Å². The molecule has 1 aromatic carbocycles. The van der Waals surface area contributed by atoms with Crippen molar-refractivity contribution in [1.29, 1.82) is 0 Å². The zero-order valence-corrected chi connectivity index (χ0v) is 12.3. The molecule has 0 saturated heterocycles. The van der Waals surface area contributed by atoms with Gasteiger partial charge in [-0.25, -0.2) is 4.98 Å². The van der Waals surface area contributed by atoms with Crippen LogP contribution in [-0.4, -0.2) is 10.9 Å². The smallest absolute Gasteiger partial charge is 0.248 e. The molecular weight excluding hydrogens is 332 g/mol. The summed E-state index contributed by atoms with van der Waals surface area (Å²) in [6, 6.07) is 8.29. The Hall–Kier alpha value is -1.59. The van der Waals surface area contributed by atoms with Crippen molar-refractivity contribution in [2.75, 3.05) is 0 Å². The summed E-state index contributed by atoms with van der Waals surface area (Å²) in [6.45, 7) is 1.75. The lowest BCUT2D eigenvalue weighted by molar-refractivity contribution is 0.0999. The number of pyridine rings is 1. The van der Waals surface area contributed by atoms with Gasteiger partial charge in [0.2, 0.25) is 11.8 Å². The summed E-state index contributed by atoms with van der Waals surface area (Å²) in [7, 11) is 0. The maximum atomic E-state index is 11.2. The highest BCUT2D eigenvalue weighted by Crippen LogP contribution is 2.31. The van der Waals surface area contributed by atoms with Gasteiger partial charge < -0.3 is 10.5 Å². The van der Waals surface area contributed by atoms with Crippen molar-refractivity contribution >= 4 is 33.4 Å². The number of ether oxygens (including phenoxy) is 1. The highest BCUT2D eigenvalue weighted by Gasteiger charge is 2.09. The molecule has 19 heavy (non-hydrogen) atoms. The van der Waals surface area contributed by atoms with Gasteiger partial charge in [0, 0.05) is 21.8 Å². The molecule has 0 atom stereocenters. The molecule has 2 aromatic rings. The number of nitrogens with two attached hydrogens (primary N) is 1. The number of carbonyl (C=O) groups is 1. The zero-order chi connectivity index (χ0) is 14.0. The Kier molecular flexibility index (Phi) is 4.07. The number of halogens is 2. The second-order valence-electron chi connectivity index (χ2n) is 3.88. The quantitative estimate of drug-likeness (QED) is 0.926. The van der Waals surface area contributed by atoms with Crippen molar-refractivity contribution in [3.63, 3.8) is 0 Å². The van der Waals surface area contributed by atoms with Crippen molar-refractivity contribution in [1.82, 2.24) is 4.98 Å². The average Bonchev–Trinajstić information content (AvgIpc) is 2.33. The summed E-state index contributed by atoms with van der Waals surface area (Å²) in [5, 5.41) is 0.451. The lowest BCUT2D eigenvalue weighted by Crippen LogP contribution is -2.11. The largest absolute Gasteiger partial charge is 0.437 e. The Balaban J connectivity index is 2.38. The minimum Gasteiger partial charge on any atom is -0.437 e. The van der Waals surface area contributed by atoms with Gasteiger partial charge in [-0.2, -0.15) is 0 Å². The monoisotopic (exact) mass is 340 g/mol. The van der Waals surface area contributed by atoms with E-state index < -0.39 is 5.91 Å². The van der Waals surface area contributed by atoms with Crippen LogP contribution >= 0.6 is 27.5 Å². The Bertz CT molecular complexity index is 647. The number of hydrogen-bond acceptors (Lipinski definition) is 3. The summed E-state index contributed by atoms with van der Waals surface area (Å²) in [5.74, 6) is 0.189. The van der Waals surface area contributed by atoms with E-state index in [1.54, 1.807) is 31.2 Å². The van der Waals surface area contributed by atoms with Crippen LogP contribution in [0.15, 0.2) is 34.8 Å². The third kappa shape index (κ3) is 3.45. The van der Waals surface area contributed by atoms with Crippen molar-refractivity contribution in [3.8, 4) is 11.6 Å². The van der Waals surface area contributed by atoms with Gasteiger partial charge in [-0.05, 0) is 31.2 Å². The van der Waals surface area contributed by atoms with E-state index in [0.717, 1.165) is 4.47 Å². The summed E-state index contributed by atoms with van der Waals surface area (Å²) in [4.78, 5) is 15.4. The van der Waals surface area contributed by atoms with E-state index >= 15 is 0 Å². The van der Waals surface area contributed by atoms with E-state index in [1.807, 2.05) is 0 Å². The minimum atomic E-state index is -0.532. The Labute approximate surface area is 123 Å². The number of amides is 1. The van der Waals surface area contributed by atoms with Crippen LogP contribution in [0.3, 0.4) is 0 Å². The Morgan fingerprint density at radius 2 is 2.11 bits per heavy atom. The fraction of sp³-hybridized carbons (Fsp3) is 0.0769. The van der Waals surface area contributed by atoms with Gasteiger partial charge >= 0.3 is 0 Å². The molecular formula is C13H10BrClN2O2. The first-order chi connectivity index (χ1) is 8.95. The van der Waals surface area contributed by atoms with E-state index in [2.05, 4.69) is 20.9 Å². The number of rotatable bonds is 3. The van der Waals surface area contributed by atoms with Crippen LogP contribution in [0.5, 0.6) is 11.6 Å². The zero-order valence-electron chi connectivity index (χ0n) is 9.98. The normalized spacial score (nSPS) is 10.3. The van der Waals surface area contributed by atoms with Crippen molar-refractivity contribution in [2.45, 2.75) is 6.92 Å². The molecule has 6 heteroatoms. The number of nitrogens with zero attached hydrogens (tertiary/aromatic N) is 1. The first kappa shape index (κ1) is 13.8. The molecule has 0 fully saturated rings. The van der Waals surface area contributed by atoms with Crippen LogP contribution in [0.25, 0.3) is 0 Å². The molecule has 1 amide bonds. The maximum absolute atomic E-state index is 11.2. The predicted molar refractivity (Wildman–Crippen MR) is 76.7 cm³/mol. The summed E-state index contributed by atoms with van der Waals surface area (Å²) in [5.41, 5.74) is 6.22. The van der Waals surface area contributed by atoms with Gasteiger partial charge in [0.05, 0.1) is 5.02 Å². The summed E-state index contributed by atoms with van der Waals surface area (Å²) < 4.78 is 6.41. The number of primary amides is 1. The van der Waals surface area contributed by atoms with E-state index in [-0.39, 0.29) is 5.88 Å². The van der Waals surface area contributed by atoms with E-state index in [9.17, 15) is 4.79 Å². The lowest BCUT2D eigenvalue weighted by atomic mass is 10.2. The summed E-state index contributed by atoms with van der Waals surface area (Å²) in [6.07, 6.45) is 0. The van der Waals surface area contributed by atoms with Crippen molar-refractivity contribution in [2.24, 2.45) is 5.73 Å². The third-order valence-electron chi connectivity index (χ3n) is 2.32. The first-order valence-corrected chi connectivity index (χ1v) is 6.54. The van der Waals surface area contributed by atoms with Crippen LogP contribution in [0.4, 0.5) is 0 Å². The van der Waals surface area contributed by atoms with Crippen LogP contribution in [-0.2, 0) is 0 Å². The Morgan fingerprint density at radius 3 is 2.79 bits per heavy atom. The maximum Gasteiger partial charge on any atom is 0.248 e. The molecule has 2 N–H and O–H groups in total. The number of carbonyl (C=O) groups excluding carboxylic acids is 1. The standard InChI is InChI=1S/C13H10BrClN2O2/c1-7-4-8(13(16)18)5-12(17-7)19-11-6-9(14)2-3-10(11)15/h2-6H,1H3,(H2,16,18). The minimum absolute atomic E-state index is 0.272. The molecule has 0 saturated carbocycles. The molecule has 0 radical (unpaired) electrons. The number of aryl methyl sites for hydroxylation is 1. The Morgan fingerprint density at radius 1 is 1.37 bits per heavy atom. The molecule has 0 unspecified atom stereocenters. The molecule has 0 spiro atoms. The number of aromatic nitrogens is 1. The average molecular weight is 342 g/mol. The molecule has 0 aliphatic heterocycles.